The van der Waals surface area contributed by atoms with Crippen LogP contribution in [-0.2, 0) is 11.3 Å². The van der Waals surface area contributed by atoms with E-state index < -0.39 is 0 Å². The molecule has 0 bridgehead atoms. The van der Waals surface area contributed by atoms with Crippen LogP contribution in [0.3, 0.4) is 0 Å². The predicted octanol–water partition coefficient (Wildman–Crippen LogP) is 4.63. The molecule has 6 heteroatoms. The quantitative estimate of drug-likeness (QED) is 0.452. The maximum atomic E-state index is 12.0. The van der Waals surface area contributed by atoms with Gasteiger partial charge in [0.1, 0.15) is 0 Å². The lowest BCUT2D eigenvalue weighted by Crippen LogP contribution is -2.37. The first-order valence-corrected chi connectivity index (χ1v) is 10.4. The largest absolute Gasteiger partial charge is 0.493 e. The zero-order valence-corrected chi connectivity index (χ0v) is 18.8. The SMILES string of the molecule is COc1cc(CNC(=S)NC(=O)/C=C/c2ccc(C)cc2)ccc1OCCC(C)C. The molecule has 0 spiro atoms. The van der Waals surface area contributed by atoms with Gasteiger partial charge in [0.2, 0.25) is 5.91 Å². The van der Waals surface area contributed by atoms with Gasteiger partial charge in [0, 0.05) is 12.6 Å². The Labute approximate surface area is 184 Å². The molecule has 2 aromatic carbocycles. The third-order valence-corrected chi connectivity index (χ3v) is 4.62. The van der Waals surface area contributed by atoms with Crippen molar-refractivity contribution in [2.45, 2.75) is 33.7 Å². The monoisotopic (exact) mass is 426 g/mol. The maximum Gasteiger partial charge on any atom is 0.250 e. The van der Waals surface area contributed by atoms with E-state index in [0.717, 1.165) is 23.3 Å². The summed E-state index contributed by atoms with van der Waals surface area (Å²) in [5.41, 5.74) is 3.10. The van der Waals surface area contributed by atoms with E-state index in [1.54, 1.807) is 13.2 Å². The molecule has 2 N–H and O–H groups in total. The number of thiocarbonyl (C=S) groups is 1. The lowest BCUT2D eigenvalue weighted by molar-refractivity contribution is -0.115. The third kappa shape index (κ3) is 8.25. The molecule has 0 aliphatic carbocycles. The second kappa shape index (κ2) is 12.0. The third-order valence-electron chi connectivity index (χ3n) is 4.38. The molecule has 0 saturated heterocycles. The smallest absolute Gasteiger partial charge is 0.250 e. The second-order valence-electron chi connectivity index (χ2n) is 7.43. The van der Waals surface area contributed by atoms with Crippen molar-refractivity contribution >= 4 is 29.3 Å². The topological polar surface area (TPSA) is 59.6 Å². The summed E-state index contributed by atoms with van der Waals surface area (Å²) in [6, 6.07) is 13.7. The van der Waals surface area contributed by atoms with Gasteiger partial charge in [-0.3, -0.25) is 10.1 Å². The lowest BCUT2D eigenvalue weighted by Gasteiger charge is -2.14. The number of benzene rings is 2. The number of carbonyl (C=O) groups is 1. The summed E-state index contributed by atoms with van der Waals surface area (Å²) in [5, 5.41) is 5.95. The van der Waals surface area contributed by atoms with E-state index in [0.29, 0.717) is 24.8 Å². The molecule has 0 aliphatic heterocycles. The Kier molecular flexibility index (Phi) is 9.35. The molecule has 0 saturated carbocycles. The highest BCUT2D eigenvalue weighted by Gasteiger charge is 2.07. The van der Waals surface area contributed by atoms with Crippen molar-refractivity contribution in [2.75, 3.05) is 13.7 Å². The predicted molar refractivity (Wildman–Crippen MR) is 126 cm³/mol. The molecule has 2 rings (SSSR count). The molecule has 160 valence electrons. The number of rotatable bonds is 9. The van der Waals surface area contributed by atoms with Gasteiger partial charge in [0.15, 0.2) is 16.6 Å². The number of methoxy groups -OCH3 is 1. The summed E-state index contributed by atoms with van der Waals surface area (Å²) in [4.78, 5) is 12.0. The normalized spacial score (nSPS) is 10.8. The van der Waals surface area contributed by atoms with Gasteiger partial charge in [-0.15, -0.1) is 0 Å². The van der Waals surface area contributed by atoms with Crippen LogP contribution >= 0.6 is 12.2 Å². The average Bonchev–Trinajstić information content (AvgIpc) is 2.72. The highest BCUT2D eigenvalue weighted by Crippen LogP contribution is 2.28. The van der Waals surface area contributed by atoms with Crippen LogP contribution in [0.25, 0.3) is 6.08 Å². The lowest BCUT2D eigenvalue weighted by atomic mass is 10.1. The Morgan fingerprint density at radius 2 is 1.87 bits per heavy atom. The molecule has 2 aromatic rings. The number of nitrogens with one attached hydrogen (secondary N) is 2. The van der Waals surface area contributed by atoms with Crippen LogP contribution in [0.15, 0.2) is 48.5 Å². The van der Waals surface area contributed by atoms with Gasteiger partial charge in [-0.25, -0.2) is 0 Å². The number of carbonyl (C=O) groups excluding carboxylic acids is 1. The molecule has 30 heavy (non-hydrogen) atoms. The average molecular weight is 427 g/mol. The van der Waals surface area contributed by atoms with Crippen molar-refractivity contribution in [3.05, 3.63) is 65.2 Å². The zero-order chi connectivity index (χ0) is 21.9. The Morgan fingerprint density at radius 3 is 2.53 bits per heavy atom. The Morgan fingerprint density at radius 1 is 1.13 bits per heavy atom. The fourth-order valence-electron chi connectivity index (χ4n) is 2.58. The molecular formula is C24H30N2O3S. The minimum atomic E-state index is -0.278. The van der Waals surface area contributed by atoms with E-state index in [4.69, 9.17) is 21.7 Å². The summed E-state index contributed by atoms with van der Waals surface area (Å²) < 4.78 is 11.2. The van der Waals surface area contributed by atoms with E-state index in [1.807, 2.05) is 49.4 Å². The van der Waals surface area contributed by atoms with Crippen molar-refractivity contribution in [3.63, 3.8) is 0 Å². The van der Waals surface area contributed by atoms with Gasteiger partial charge in [-0.05, 0) is 60.8 Å². The van der Waals surface area contributed by atoms with E-state index in [9.17, 15) is 4.79 Å². The van der Waals surface area contributed by atoms with Crippen molar-refractivity contribution < 1.29 is 14.3 Å². The molecule has 0 aliphatic rings. The van der Waals surface area contributed by atoms with Crippen LogP contribution < -0.4 is 20.1 Å². The first-order chi connectivity index (χ1) is 14.4. The molecule has 0 heterocycles. The van der Waals surface area contributed by atoms with Gasteiger partial charge in [0.25, 0.3) is 0 Å². The second-order valence-corrected chi connectivity index (χ2v) is 7.84. The van der Waals surface area contributed by atoms with Crippen LogP contribution in [0.5, 0.6) is 11.5 Å². The Bertz CT molecular complexity index is 877. The van der Waals surface area contributed by atoms with Crippen molar-refractivity contribution in [1.82, 2.24) is 10.6 Å². The molecule has 0 radical (unpaired) electrons. The van der Waals surface area contributed by atoms with Gasteiger partial charge >= 0.3 is 0 Å². The fraction of sp³-hybridized carbons (Fsp3) is 0.333. The van der Waals surface area contributed by atoms with Crippen LogP contribution in [0, 0.1) is 12.8 Å². The molecule has 0 aromatic heterocycles. The highest BCUT2D eigenvalue weighted by molar-refractivity contribution is 7.80. The number of amides is 1. The molecule has 0 atom stereocenters. The Hall–Kier alpha value is -2.86. The summed E-state index contributed by atoms with van der Waals surface area (Å²) >= 11 is 5.21. The van der Waals surface area contributed by atoms with E-state index >= 15 is 0 Å². The highest BCUT2D eigenvalue weighted by atomic mass is 32.1. The summed E-state index contributed by atoms with van der Waals surface area (Å²) in [5.74, 6) is 1.70. The number of hydrogen-bond acceptors (Lipinski definition) is 4. The van der Waals surface area contributed by atoms with Gasteiger partial charge in [0.05, 0.1) is 13.7 Å². The standard InChI is InChI=1S/C24H30N2O3S/c1-17(2)13-14-29-21-11-9-20(15-22(21)28-4)16-25-24(30)26-23(27)12-10-19-7-5-18(3)6-8-19/h5-12,15,17H,13-14,16H2,1-4H3,(H2,25,26,27,30)/b12-10+. The van der Waals surface area contributed by atoms with Gasteiger partial charge < -0.3 is 14.8 Å². The van der Waals surface area contributed by atoms with Gasteiger partial charge in [-0.1, -0.05) is 49.7 Å². The molecular weight excluding hydrogens is 396 g/mol. The fourth-order valence-corrected chi connectivity index (χ4v) is 2.75. The first-order valence-electron chi connectivity index (χ1n) is 10.0. The van der Waals surface area contributed by atoms with Crippen LogP contribution in [0.4, 0.5) is 0 Å². The van der Waals surface area contributed by atoms with E-state index in [2.05, 4.69) is 24.5 Å². The number of ether oxygens (including phenoxy) is 2. The number of hydrogen-bond donors (Lipinski definition) is 2. The molecule has 0 fully saturated rings. The molecule has 5 nitrogen and oxygen atoms in total. The minimum absolute atomic E-state index is 0.268. The van der Waals surface area contributed by atoms with Crippen LogP contribution in [0.2, 0.25) is 0 Å². The van der Waals surface area contributed by atoms with E-state index in [1.165, 1.54) is 11.6 Å². The van der Waals surface area contributed by atoms with Crippen LogP contribution in [-0.4, -0.2) is 24.7 Å². The zero-order valence-electron chi connectivity index (χ0n) is 18.0. The van der Waals surface area contributed by atoms with Crippen LogP contribution in [0.1, 0.15) is 37.0 Å². The molecule has 1 amide bonds. The van der Waals surface area contributed by atoms with Gasteiger partial charge in [-0.2, -0.15) is 0 Å². The minimum Gasteiger partial charge on any atom is -0.493 e. The van der Waals surface area contributed by atoms with Crippen molar-refractivity contribution in [1.29, 1.82) is 0 Å². The summed E-state index contributed by atoms with van der Waals surface area (Å²) in [7, 11) is 1.62. The van der Waals surface area contributed by atoms with Crippen molar-refractivity contribution in [2.24, 2.45) is 5.92 Å². The Balaban J connectivity index is 1.83. The maximum absolute atomic E-state index is 12.0. The molecule has 0 unspecified atom stereocenters. The number of aryl methyl sites for hydroxylation is 1. The van der Waals surface area contributed by atoms with Crippen molar-refractivity contribution in [3.8, 4) is 11.5 Å². The van der Waals surface area contributed by atoms with E-state index in [-0.39, 0.29) is 11.0 Å². The first kappa shape index (κ1) is 23.4. The summed E-state index contributed by atoms with van der Waals surface area (Å²) in [6.45, 7) is 7.46. The summed E-state index contributed by atoms with van der Waals surface area (Å²) in [6.07, 6.45) is 4.20.